The fourth-order valence-corrected chi connectivity index (χ4v) is 1.73. The van der Waals surface area contributed by atoms with Gasteiger partial charge in [0.25, 0.3) is 0 Å². The molecule has 2 heterocycles. The summed E-state index contributed by atoms with van der Waals surface area (Å²) in [6.07, 6.45) is 3.02. The topological polar surface area (TPSA) is 84.5 Å². The maximum absolute atomic E-state index is 9.08. The molecule has 0 saturated carbocycles. The van der Waals surface area contributed by atoms with Gasteiger partial charge in [0.2, 0.25) is 0 Å². The summed E-state index contributed by atoms with van der Waals surface area (Å²) in [6, 6.07) is 0.223. The molecule has 2 unspecified atom stereocenters. The van der Waals surface area contributed by atoms with Crippen molar-refractivity contribution in [1.29, 1.82) is 0 Å². The molecule has 1 aromatic heterocycles. The van der Waals surface area contributed by atoms with Crippen molar-refractivity contribution in [2.45, 2.75) is 19.1 Å². The fourth-order valence-electron chi connectivity index (χ4n) is 1.73. The predicted octanol–water partition coefficient (Wildman–Crippen LogP) is -0.355. The minimum absolute atomic E-state index is 0.0195. The zero-order valence-electron chi connectivity index (χ0n) is 9.21. The van der Waals surface area contributed by atoms with Gasteiger partial charge in [-0.25, -0.2) is 9.97 Å². The average molecular weight is 224 g/mol. The first-order valence-electron chi connectivity index (χ1n) is 5.27. The lowest BCUT2D eigenvalue weighted by Crippen LogP contribution is -2.50. The Kier molecular flexibility index (Phi) is 3.21. The minimum Gasteiger partial charge on any atom is -0.394 e. The first-order chi connectivity index (χ1) is 7.70. The highest BCUT2D eigenvalue weighted by molar-refractivity contribution is 5.41. The third kappa shape index (κ3) is 2.23. The van der Waals surface area contributed by atoms with Crippen LogP contribution in [-0.2, 0) is 4.74 Å². The molecular weight excluding hydrogens is 208 g/mol. The molecule has 6 heteroatoms. The van der Waals surface area contributed by atoms with E-state index < -0.39 is 0 Å². The number of ether oxygens (including phenoxy) is 1. The van der Waals surface area contributed by atoms with Crippen molar-refractivity contribution >= 4 is 11.6 Å². The zero-order valence-corrected chi connectivity index (χ0v) is 9.21. The molecule has 0 amide bonds. The molecule has 3 N–H and O–H groups in total. The number of anilines is 2. The highest BCUT2D eigenvalue weighted by Gasteiger charge is 2.26. The van der Waals surface area contributed by atoms with Crippen LogP contribution in [0.4, 0.5) is 11.6 Å². The number of nitrogen functional groups attached to an aromatic ring is 1. The Labute approximate surface area is 94.1 Å². The number of aliphatic hydroxyl groups is 1. The van der Waals surface area contributed by atoms with Gasteiger partial charge in [0, 0.05) is 6.54 Å². The van der Waals surface area contributed by atoms with Crippen LogP contribution in [0.25, 0.3) is 0 Å². The van der Waals surface area contributed by atoms with Crippen LogP contribution in [0.3, 0.4) is 0 Å². The van der Waals surface area contributed by atoms with E-state index in [-0.39, 0.29) is 18.8 Å². The standard InChI is InChI=1S/C10H16N4O2/c1-7-6-16-8(5-15)4-14(7)10-3-12-9(11)2-13-10/h2-3,7-8,15H,4-6H2,1H3,(H2,11,12). The van der Waals surface area contributed by atoms with E-state index in [9.17, 15) is 0 Å². The molecular formula is C10H16N4O2. The average Bonchev–Trinajstić information content (AvgIpc) is 2.31. The van der Waals surface area contributed by atoms with Gasteiger partial charge in [-0.3, -0.25) is 0 Å². The molecule has 0 aliphatic carbocycles. The van der Waals surface area contributed by atoms with E-state index in [4.69, 9.17) is 15.6 Å². The van der Waals surface area contributed by atoms with Crippen molar-refractivity contribution in [2.24, 2.45) is 0 Å². The Bertz CT molecular complexity index is 343. The molecule has 0 aromatic carbocycles. The Morgan fingerprint density at radius 3 is 3.00 bits per heavy atom. The summed E-state index contributed by atoms with van der Waals surface area (Å²) >= 11 is 0. The van der Waals surface area contributed by atoms with Crippen LogP contribution < -0.4 is 10.6 Å². The molecule has 2 rings (SSSR count). The number of aliphatic hydroxyl groups excluding tert-OH is 1. The summed E-state index contributed by atoms with van der Waals surface area (Å²) < 4.78 is 5.45. The second-order valence-corrected chi connectivity index (χ2v) is 3.94. The molecule has 0 bridgehead atoms. The van der Waals surface area contributed by atoms with E-state index in [1.165, 1.54) is 6.20 Å². The van der Waals surface area contributed by atoms with E-state index >= 15 is 0 Å². The van der Waals surface area contributed by atoms with Gasteiger partial charge in [0.15, 0.2) is 0 Å². The summed E-state index contributed by atoms with van der Waals surface area (Å²) in [5.41, 5.74) is 5.49. The smallest absolute Gasteiger partial charge is 0.147 e. The number of nitrogens with zero attached hydrogens (tertiary/aromatic N) is 3. The van der Waals surface area contributed by atoms with E-state index in [1.807, 2.05) is 6.92 Å². The summed E-state index contributed by atoms with van der Waals surface area (Å²) in [7, 11) is 0. The number of hydrogen-bond donors (Lipinski definition) is 2. The molecule has 1 aliphatic heterocycles. The molecule has 1 fully saturated rings. The summed E-state index contributed by atoms with van der Waals surface area (Å²) in [5, 5.41) is 9.08. The minimum atomic E-state index is -0.157. The Hall–Kier alpha value is -1.40. The van der Waals surface area contributed by atoms with Gasteiger partial charge in [-0.1, -0.05) is 0 Å². The second kappa shape index (κ2) is 4.63. The monoisotopic (exact) mass is 224 g/mol. The highest BCUT2D eigenvalue weighted by Crippen LogP contribution is 2.18. The van der Waals surface area contributed by atoms with Crippen LogP contribution in [0, 0.1) is 0 Å². The molecule has 6 nitrogen and oxygen atoms in total. The molecule has 1 aliphatic rings. The van der Waals surface area contributed by atoms with Crippen LogP contribution in [-0.4, -0.2) is 47.0 Å². The third-order valence-corrected chi connectivity index (χ3v) is 2.66. The Morgan fingerprint density at radius 2 is 2.38 bits per heavy atom. The van der Waals surface area contributed by atoms with E-state index in [0.717, 1.165) is 5.82 Å². The van der Waals surface area contributed by atoms with Crippen LogP contribution in [0.5, 0.6) is 0 Å². The van der Waals surface area contributed by atoms with Gasteiger partial charge in [-0.2, -0.15) is 0 Å². The number of morpholine rings is 1. The lowest BCUT2D eigenvalue weighted by atomic mass is 10.2. The van der Waals surface area contributed by atoms with Gasteiger partial charge in [-0.15, -0.1) is 0 Å². The molecule has 0 radical (unpaired) electrons. The lowest BCUT2D eigenvalue weighted by Gasteiger charge is -2.37. The molecule has 0 spiro atoms. The Balaban J connectivity index is 2.14. The van der Waals surface area contributed by atoms with Crippen molar-refractivity contribution in [2.75, 3.05) is 30.4 Å². The van der Waals surface area contributed by atoms with Crippen molar-refractivity contribution in [1.82, 2.24) is 9.97 Å². The van der Waals surface area contributed by atoms with Crippen LogP contribution in [0.2, 0.25) is 0 Å². The molecule has 1 aromatic rings. The highest BCUT2D eigenvalue weighted by atomic mass is 16.5. The summed E-state index contributed by atoms with van der Waals surface area (Å²) in [6.45, 7) is 3.27. The number of hydrogen-bond acceptors (Lipinski definition) is 6. The van der Waals surface area contributed by atoms with Crippen LogP contribution in [0.1, 0.15) is 6.92 Å². The van der Waals surface area contributed by atoms with E-state index in [1.54, 1.807) is 6.20 Å². The fraction of sp³-hybridized carbons (Fsp3) is 0.600. The molecule has 1 saturated heterocycles. The van der Waals surface area contributed by atoms with Gasteiger partial charge < -0.3 is 20.5 Å². The first-order valence-corrected chi connectivity index (χ1v) is 5.27. The van der Waals surface area contributed by atoms with Crippen LogP contribution in [0.15, 0.2) is 12.4 Å². The second-order valence-electron chi connectivity index (χ2n) is 3.94. The number of nitrogens with two attached hydrogens (primary N) is 1. The largest absolute Gasteiger partial charge is 0.394 e. The predicted molar refractivity (Wildman–Crippen MR) is 60.1 cm³/mol. The molecule has 88 valence electrons. The lowest BCUT2D eigenvalue weighted by molar-refractivity contribution is -0.0105. The third-order valence-electron chi connectivity index (χ3n) is 2.66. The van der Waals surface area contributed by atoms with Gasteiger partial charge in [-0.05, 0) is 6.92 Å². The quantitative estimate of drug-likeness (QED) is 0.714. The zero-order chi connectivity index (χ0) is 11.5. The first kappa shape index (κ1) is 11.1. The van der Waals surface area contributed by atoms with E-state index in [0.29, 0.717) is 19.0 Å². The normalized spacial score (nSPS) is 25.8. The maximum Gasteiger partial charge on any atom is 0.147 e. The number of aromatic nitrogens is 2. The van der Waals surface area contributed by atoms with Gasteiger partial charge in [0.1, 0.15) is 11.6 Å². The van der Waals surface area contributed by atoms with E-state index in [2.05, 4.69) is 14.9 Å². The Morgan fingerprint density at radius 1 is 1.56 bits per heavy atom. The number of rotatable bonds is 2. The SMILES string of the molecule is CC1COC(CO)CN1c1cnc(N)cn1. The molecule has 2 atom stereocenters. The summed E-state index contributed by atoms with van der Waals surface area (Å²) in [4.78, 5) is 10.3. The summed E-state index contributed by atoms with van der Waals surface area (Å²) in [5.74, 6) is 1.17. The van der Waals surface area contributed by atoms with Gasteiger partial charge in [0.05, 0.1) is 37.8 Å². The maximum atomic E-state index is 9.08. The van der Waals surface area contributed by atoms with Crippen molar-refractivity contribution in [3.8, 4) is 0 Å². The van der Waals surface area contributed by atoms with Crippen molar-refractivity contribution < 1.29 is 9.84 Å². The molecule has 16 heavy (non-hydrogen) atoms. The van der Waals surface area contributed by atoms with Crippen molar-refractivity contribution in [3.63, 3.8) is 0 Å². The van der Waals surface area contributed by atoms with Gasteiger partial charge >= 0.3 is 0 Å². The van der Waals surface area contributed by atoms with Crippen molar-refractivity contribution in [3.05, 3.63) is 12.4 Å². The van der Waals surface area contributed by atoms with Crippen LogP contribution >= 0.6 is 0 Å².